The van der Waals surface area contributed by atoms with Gasteiger partial charge in [0.1, 0.15) is 11.4 Å². The monoisotopic (exact) mass is 409 g/mol. The van der Waals surface area contributed by atoms with Crippen molar-refractivity contribution in [2.24, 2.45) is 0 Å². The summed E-state index contributed by atoms with van der Waals surface area (Å²) in [6, 6.07) is 11.2. The minimum atomic E-state index is -0.676. The minimum Gasteiger partial charge on any atom is -0.453 e. The molecule has 2 rings (SSSR count). The van der Waals surface area contributed by atoms with Crippen molar-refractivity contribution in [1.82, 2.24) is 5.32 Å². The number of hydrogen-bond donors (Lipinski definition) is 1. The number of para-hydroxylation sites is 1. The molecule has 1 amide bonds. The van der Waals surface area contributed by atoms with E-state index in [1.165, 1.54) is 19.2 Å². The van der Waals surface area contributed by atoms with E-state index < -0.39 is 23.6 Å². The average molecular weight is 410 g/mol. The van der Waals surface area contributed by atoms with Crippen molar-refractivity contribution in [3.8, 4) is 11.5 Å². The topological polar surface area (TPSA) is 56.8 Å². The molecule has 0 fully saturated rings. The van der Waals surface area contributed by atoms with Crippen molar-refractivity contribution < 1.29 is 23.4 Å². The number of hydrogen-bond acceptors (Lipinski definition) is 4. The summed E-state index contributed by atoms with van der Waals surface area (Å²) in [4.78, 5) is 12.2. The van der Waals surface area contributed by atoms with Gasteiger partial charge in [-0.25, -0.2) is 9.18 Å². The summed E-state index contributed by atoms with van der Waals surface area (Å²) in [5.41, 5.74) is -0.436. The van der Waals surface area contributed by atoms with E-state index in [0.717, 1.165) is 0 Å². The van der Waals surface area contributed by atoms with E-state index >= 15 is 4.39 Å². The number of amides is 1. The van der Waals surface area contributed by atoms with Crippen molar-refractivity contribution in [3.05, 3.63) is 58.9 Å². The molecule has 0 saturated carbocycles. The molecule has 0 radical (unpaired) electrons. The number of rotatable bonds is 7. The number of carbonyl (C=O) groups is 1. The zero-order chi connectivity index (χ0) is 20.7. The van der Waals surface area contributed by atoms with Crippen LogP contribution in [0.3, 0.4) is 0 Å². The first-order valence-electron chi connectivity index (χ1n) is 8.90. The van der Waals surface area contributed by atoms with Gasteiger partial charge >= 0.3 is 6.09 Å². The average Bonchev–Trinajstić information content (AvgIpc) is 2.62. The summed E-state index contributed by atoms with van der Waals surface area (Å²) in [5, 5.41) is 2.83. The number of carbonyl (C=O) groups excluding carboxylic acids is 1. The van der Waals surface area contributed by atoms with Crippen LogP contribution in [0.1, 0.15) is 38.8 Å². The van der Waals surface area contributed by atoms with Crippen LogP contribution in [-0.4, -0.2) is 25.4 Å². The Bertz CT molecular complexity index is 793. The SMILES string of the molecule is COCC[C@@H](NC(=O)OC(C)(C)C)c1ccc(Cl)c(Oc2ccccc2)c1F. The molecule has 28 heavy (non-hydrogen) atoms. The molecule has 5 nitrogen and oxygen atoms in total. The quantitative estimate of drug-likeness (QED) is 0.621. The van der Waals surface area contributed by atoms with Gasteiger partial charge in [-0.1, -0.05) is 35.9 Å². The molecule has 0 saturated heterocycles. The summed E-state index contributed by atoms with van der Waals surface area (Å²) < 4.78 is 31.3. The molecule has 152 valence electrons. The molecule has 1 N–H and O–H groups in total. The normalized spacial score (nSPS) is 12.4. The van der Waals surface area contributed by atoms with Crippen LogP contribution in [0.5, 0.6) is 11.5 Å². The number of nitrogens with one attached hydrogen (secondary N) is 1. The molecular weight excluding hydrogens is 385 g/mol. The van der Waals surface area contributed by atoms with Crippen LogP contribution in [0.4, 0.5) is 9.18 Å². The first kappa shape index (κ1) is 22.0. The summed E-state index contributed by atoms with van der Waals surface area (Å²) in [7, 11) is 1.53. The Labute approximate surface area is 169 Å². The summed E-state index contributed by atoms with van der Waals surface area (Å²) in [6.45, 7) is 5.58. The Hall–Kier alpha value is -2.31. The Balaban J connectivity index is 2.31. The lowest BCUT2D eigenvalue weighted by molar-refractivity contribution is 0.0491. The van der Waals surface area contributed by atoms with E-state index in [1.807, 2.05) is 6.07 Å². The van der Waals surface area contributed by atoms with Gasteiger partial charge in [-0.3, -0.25) is 0 Å². The number of ether oxygens (including phenoxy) is 3. The van der Waals surface area contributed by atoms with Crippen LogP contribution in [0.15, 0.2) is 42.5 Å². The molecule has 0 aromatic heterocycles. The molecular formula is C21H25ClFNO4. The van der Waals surface area contributed by atoms with Crippen LogP contribution in [0.2, 0.25) is 5.02 Å². The molecule has 0 unspecified atom stereocenters. The Morgan fingerprint density at radius 1 is 1.18 bits per heavy atom. The lowest BCUT2D eigenvalue weighted by Crippen LogP contribution is -2.35. The number of alkyl carbamates (subject to hydrolysis) is 1. The molecule has 0 aliphatic carbocycles. The lowest BCUT2D eigenvalue weighted by atomic mass is 10.0. The van der Waals surface area contributed by atoms with E-state index in [0.29, 0.717) is 18.8 Å². The Kier molecular flexibility index (Phi) is 7.66. The number of methoxy groups -OCH3 is 1. The minimum absolute atomic E-state index is 0.0984. The second-order valence-corrected chi connectivity index (χ2v) is 7.58. The van der Waals surface area contributed by atoms with Gasteiger partial charge in [-0.2, -0.15) is 0 Å². The van der Waals surface area contributed by atoms with Crippen LogP contribution in [0.25, 0.3) is 0 Å². The maximum absolute atomic E-state index is 15.2. The molecule has 0 aliphatic heterocycles. The first-order chi connectivity index (χ1) is 13.2. The number of benzene rings is 2. The van der Waals surface area contributed by atoms with Crippen molar-refractivity contribution in [2.75, 3.05) is 13.7 Å². The highest BCUT2D eigenvalue weighted by Gasteiger charge is 2.25. The van der Waals surface area contributed by atoms with Crippen LogP contribution < -0.4 is 10.1 Å². The molecule has 7 heteroatoms. The molecule has 0 heterocycles. The van der Waals surface area contributed by atoms with Gasteiger partial charge in [0.05, 0.1) is 11.1 Å². The van der Waals surface area contributed by atoms with E-state index in [-0.39, 0.29) is 16.3 Å². The Morgan fingerprint density at radius 2 is 1.86 bits per heavy atom. The van der Waals surface area contributed by atoms with E-state index in [1.54, 1.807) is 45.0 Å². The summed E-state index contributed by atoms with van der Waals surface area (Å²) in [5.74, 6) is -0.290. The zero-order valence-corrected chi connectivity index (χ0v) is 17.2. The highest BCUT2D eigenvalue weighted by atomic mass is 35.5. The van der Waals surface area contributed by atoms with Crippen molar-refractivity contribution in [2.45, 2.75) is 38.8 Å². The summed E-state index contributed by atoms with van der Waals surface area (Å²) in [6.07, 6.45) is -0.299. The standard InChI is InChI=1S/C21H25ClFNO4/c1-21(2,3)28-20(25)24-17(12-13-26-4)15-10-11-16(22)19(18(15)23)27-14-8-6-5-7-9-14/h5-11,17H,12-13H2,1-4H3,(H,24,25)/t17-/m1/s1. The Morgan fingerprint density at radius 3 is 2.46 bits per heavy atom. The van der Waals surface area contributed by atoms with Gasteiger partial charge < -0.3 is 19.5 Å². The van der Waals surface area contributed by atoms with Gasteiger partial charge in [-0.05, 0) is 45.4 Å². The van der Waals surface area contributed by atoms with Crippen LogP contribution >= 0.6 is 11.6 Å². The molecule has 0 aliphatic rings. The third-order valence-corrected chi connectivity index (χ3v) is 4.02. The second kappa shape index (κ2) is 9.75. The summed E-state index contributed by atoms with van der Waals surface area (Å²) >= 11 is 6.15. The van der Waals surface area contributed by atoms with Crippen LogP contribution in [0, 0.1) is 5.82 Å². The van der Waals surface area contributed by atoms with Gasteiger partial charge in [0, 0.05) is 19.3 Å². The van der Waals surface area contributed by atoms with Crippen LogP contribution in [-0.2, 0) is 9.47 Å². The van der Waals surface area contributed by atoms with Gasteiger partial charge in [0.2, 0.25) is 0 Å². The van der Waals surface area contributed by atoms with E-state index in [4.69, 9.17) is 25.8 Å². The largest absolute Gasteiger partial charge is 0.453 e. The smallest absolute Gasteiger partial charge is 0.408 e. The fourth-order valence-corrected chi connectivity index (χ4v) is 2.69. The molecule has 2 aromatic rings. The highest BCUT2D eigenvalue weighted by Crippen LogP contribution is 2.36. The van der Waals surface area contributed by atoms with E-state index in [9.17, 15) is 4.79 Å². The molecule has 0 bridgehead atoms. The maximum Gasteiger partial charge on any atom is 0.408 e. The molecule has 0 spiro atoms. The van der Waals surface area contributed by atoms with Crippen molar-refractivity contribution in [1.29, 1.82) is 0 Å². The molecule has 2 aromatic carbocycles. The zero-order valence-electron chi connectivity index (χ0n) is 16.4. The lowest BCUT2D eigenvalue weighted by Gasteiger charge is -2.24. The van der Waals surface area contributed by atoms with Gasteiger partial charge in [0.15, 0.2) is 11.6 Å². The predicted octanol–water partition coefficient (Wildman–Crippen LogP) is 5.87. The predicted molar refractivity (Wildman–Crippen MR) is 107 cm³/mol. The molecule has 1 atom stereocenters. The fourth-order valence-electron chi connectivity index (χ4n) is 2.51. The second-order valence-electron chi connectivity index (χ2n) is 7.18. The third-order valence-electron chi connectivity index (χ3n) is 3.72. The van der Waals surface area contributed by atoms with Gasteiger partial charge in [-0.15, -0.1) is 0 Å². The van der Waals surface area contributed by atoms with Crippen molar-refractivity contribution in [3.63, 3.8) is 0 Å². The first-order valence-corrected chi connectivity index (χ1v) is 9.28. The van der Waals surface area contributed by atoms with Gasteiger partial charge in [0.25, 0.3) is 0 Å². The fraction of sp³-hybridized carbons (Fsp3) is 0.381. The van der Waals surface area contributed by atoms with Crippen molar-refractivity contribution >= 4 is 17.7 Å². The highest BCUT2D eigenvalue weighted by molar-refractivity contribution is 6.32. The van der Waals surface area contributed by atoms with E-state index in [2.05, 4.69) is 5.32 Å². The number of halogens is 2. The maximum atomic E-state index is 15.2. The third kappa shape index (κ3) is 6.39.